The number of nitrogens with zero attached hydrogens (tertiary/aromatic N) is 1. The molecule has 258 valence electrons. The van der Waals surface area contributed by atoms with Gasteiger partial charge in [-0.15, -0.1) is 0 Å². The summed E-state index contributed by atoms with van der Waals surface area (Å²) in [6, 6.07) is 58.0. The lowest BCUT2D eigenvalue weighted by atomic mass is 9.34. The summed E-state index contributed by atoms with van der Waals surface area (Å²) < 4.78 is 7.05. The SMILES string of the molecule is CCCCc1cccc(-c2ccccc2)c1N1c2ccc(-c3ccccc3)cc2B2c3cc(-c4ccccc4)ccc3Oc3cc(C(C)(C)C)cc1c32. The smallest absolute Gasteiger partial charge is 0.256 e. The topological polar surface area (TPSA) is 12.5 Å². The zero-order valence-corrected chi connectivity index (χ0v) is 31.1. The lowest BCUT2D eigenvalue weighted by Crippen LogP contribution is -2.59. The van der Waals surface area contributed by atoms with Crippen LogP contribution in [-0.4, -0.2) is 6.71 Å². The van der Waals surface area contributed by atoms with E-state index in [0.717, 1.165) is 30.8 Å². The number of fused-ring (bicyclic) bond motifs is 4. The van der Waals surface area contributed by atoms with Crippen LogP contribution in [0.1, 0.15) is 51.7 Å². The van der Waals surface area contributed by atoms with Crippen LogP contribution >= 0.6 is 0 Å². The van der Waals surface area contributed by atoms with E-state index in [-0.39, 0.29) is 12.1 Å². The van der Waals surface area contributed by atoms with Gasteiger partial charge in [0.05, 0.1) is 5.69 Å². The second kappa shape index (κ2) is 13.3. The monoisotopic (exact) mass is 685 g/mol. The van der Waals surface area contributed by atoms with Gasteiger partial charge in [-0.2, -0.15) is 0 Å². The van der Waals surface area contributed by atoms with Crippen molar-refractivity contribution in [1.29, 1.82) is 0 Å². The number of unbranched alkanes of at least 4 members (excludes halogenated alkanes) is 1. The molecule has 7 aromatic carbocycles. The van der Waals surface area contributed by atoms with E-state index in [0.29, 0.717) is 0 Å². The molecule has 0 saturated heterocycles. The second-order valence-corrected chi connectivity index (χ2v) is 15.6. The van der Waals surface area contributed by atoms with E-state index in [9.17, 15) is 0 Å². The van der Waals surface area contributed by atoms with Gasteiger partial charge < -0.3 is 9.64 Å². The Morgan fingerprint density at radius 1 is 0.547 bits per heavy atom. The summed E-state index contributed by atoms with van der Waals surface area (Å²) in [5.41, 5.74) is 17.3. The highest BCUT2D eigenvalue weighted by Crippen LogP contribution is 2.48. The lowest BCUT2D eigenvalue weighted by Gasteiger charge is -2.42. The van der Waals surface area contributed by atoms with Crippen molar-refractivity contribution < 1.29 is 4.74 Å². The van der Waals surface area contributed by atoms with Crippen molar-refractivity contribution in [3.63, 3.8) is 0 Å². The zero-order chi connectivity index (χ0) is 36.1. The minimum absolute atomic E-state index is 0.0145. The van der Waals surface area contributed by atoms with Crippen molar-refractivity contribution in [2.75, 3.05) is 4.90 Å². The van der Waals surface area contributed by atoms with Crippen molar-refractivity contribution >= 4 is 40.2 Å². The Morgan fingerprint density at radius 3 is 1.81 bits per heavy atom. The van der Waals surface area contributed by atoms with Crippen LogP contribution in [0.2, 0.25) is 0 Å². The summed E-state index contributed by atoms with van der Waals surface area (Å²) in [6.07, 6.45) is 3.27. The quantitative estimate of drug-likeness (QED) is 0.155. The molecule has 2 heterocycles. The number of rotatable bonds is 7. The molecule has 0 spiro atoms. The molecule has 2 aliphatic heterocycles. The standard InChI is InChI=1S/C50H44BNO/c1-5-6-17-37-24-16-25-41(36-22-14-9-15-23-36)49(37)52-44-28-26-38(34-18-10-7-11-19-34)30-42(44)51-43-31-39(35-20-12-8-13-21-35)27-29-46(43)53-47-33-40(50(2,3)4)32-45(52)48(47)51/h7-16,18-33H,5-6,17H2,1-4H3. The summed E-state index contributed by atoms with van der Waals surface area (Å²) in [6.45, 7) is 9.19. The lowest BCUT2D eigenvalue weighted by molar-refractivity contribution is 0.483. The Balaban J connectivity index is 1.38. The minimum Gasteiger partial charge on any atom is -0.458 e. The van der Waals surface area contributed by atoms with Gasteiger partial charge in [0.1, 0.15) is 11.5 Å². The number of aryl methyl sites for hydroxylation is 1. The van der Waals surface area contributed by atoms with E-state index >= 15 is 0 Å². The summed E-state index contributed by atoms with van der Waals surface area (Å²) in [7, 11) is 0. The molecule has 0 bridgehead atoms. The van der Waals surface area contributed by atoms with Gasteiger partial charge in [0.2, 0.25) is 0 Å². The van der Waals surface area contributed by atoms with Crippen LogP contribution in [0.4, 0.5) is 17.1 Å². The van der Waals surface area contributed by atoms with Gasteiger partial charge in [-0.3, -0.25) is 0 Å². The molecule has 7 aromatic rings. The first kappa shape index (κ1) is 33.1. The third kappa shape index (κ3) is 5.85. The van der Waals surface area contributed by atoms with Crippen LogP contribution < -0.4 is 26.0 Å². The van der Waals surface area contributed by atoms with Gasteiger partial charge in [-0.25, -0.2) is 0 Å². The molecule has 0 atom stereocenters. The first-order chi connectivity index (χ1) is 25.9. The number of hydrogen-bond donors (Lipinski definition) is 0. The molecular weight excluding hydrogens is 641 g/mol. The molecule has 0 unspecified atom stereocenters. The predicted molar refractivity (Wildman–Crippen MR) is 226 cm³/mol. The highest BCUT2D eigenvalue weighted by Gasteiger charge is 2.43. The fraction of sp³-hybridized carbons (Fsp3) is 0.160. The molecule has 0 N–H and O–H groups in total. The van der Waals surface area contributed by atoms with Gasteiger partial charge in [0, 0.05) is 16.9 Å². The molecule has 3 heteroatoms. The van der Waals surface area contributed by atoms with Crippen molar-refractivity contribution in [2.45, 2.75) is 52.4 Å². The Hall–Kier alpha value is -5.80. The molecular formula is C50H44BNO. The summed E-state index contributed by atoms with van der Waals surface area (Å²) in [4.78, 5) is 2.59. The van der Waals surface area contributed by atoms with Crippen LogP contribution in [0.25, 0.3) is 33.4 Å². The van der Waals surface area contributed by atoms with E-state index in [1.54, 1.807) is 0 Å². The summed E-state index contributed by atoms with van der Waals surface area (Å²) in [5.74, 6) is 1.88. The van der Waals surface area contributed by atoms with Crippen LogP contribution in [0.5, 0.6) is 11.5 Å². The van der Waals surface area contributed by atoms with Crippen LogP contribution in [0, 0.1) is 0 Å². The van der Waals surface area contributed by atoms with Crippen LogP contribution in [-0.2, 0) is 11.8 Å². The summed E-state index contributed by atoms with van der Waals surface area (Å²) in [5, 5.41) is 0. The van der Waals surface area contributed by atoms with Crippen molar-refractivity contribution in [3.8, 4) is 44.9 Å². The van der Waals surface area contributed by atoms with E-state index in [1.807, 2.05) is 0 Å². The van der Waals surface area contributed by atoms with Crippen molar-refractivity contribution in [1.82, 2.24) is 0 Å². The fourth-order valence-corrected chi connectivity index (χ4v) is 8.32. The van der Waals surface area contributed by atoms with E-state index in [2.05, 4.69) is 190 Å². The number of hydrogen-bond acceptors (Lipinski definition) is 2. The van der Waals surface area contributed by atoms with E-state index < -0.39 is 0 Å². The number of benzene rings is 7. The molecule has 0 amide bonds. The third-order valence-electron chi connectivity index (χ3n) is 11.1. The molecule has 2 aliphatic rings. The molecule has 0 aliphatic carbocycles. The maximum absolute atomic E-state index is 7.05. The molecule has 2 nitrogen and oxygen atoms in total. The predicted octanol–water partition coefficient (Wildman–Crippen LogP) is 11.7. The van der Waals surface area contributed by atoms with Crippen molar-refractivity contribution in [3.05, 3.63) is 169 Å². The number of anilines is 3. The van der Waals surface area contributed by atoms with Crippen LogP contribution in [0.15, 0.2) is 158 Å². The maximum Gasteiger partial charge on any atom is 0.256 e. The first-order valence-corrected chi connectivity index (χ1v) is 19.1. The van der Waals surface area contributed by atoms with Gasteiger partial charge >= 0.3 is 0 Å². The highest BCUT2D eigenvalue weighted by atomic mass is 16.5. The van der Waals surface area contributed by atoms with Gasteiger partial charge in [0.15, 0.2) is 0 Å². The number of para-hydroxylation sites is 1. The molecule has 0 radical (unpaired) electrons. The Kier molecular flexibility index (Phi) is 8.31. The normalized spacial score (nSPS) is 12.8. The molecule has 53 heavy (non-hydrogen) atoms. The molecule has 9 rings (SSSR count). The maximum atomic E-state index is 7.05. The summed E-state index contributed by atoms with van der Waals surface area (Å²) >= 11 is 0. The van der Waals surface area contributed by atoms with E-state index in [1.165, 1.54) is 78.0 Å². The third-order valence-corrected chi connectivity index (χ3v) is 11.1. The highest BCUT2D eigenvalue weighted by molar-refractivity contribution is 6.99. The fourth-order valence-electron chi connectivity index (χ4n) is 8.32. The molecule has 0 saturated carbocycles. The van der Waals surface area contributed by atoms with Crippen molar-refractivity contribution in [2.24, 2.45) is 0 Å². The van der Waals surface area contributed by atoms with Gasteiger partial charge in [-0.1, -0.05) is 168 Å². The van der Waals surface area contributed by atoms with Gasteiger partial charge in [0.25, 0.3) is 6.71 Å². The Morgan fingerprint density at radius 2 is 1.17 bits per heavy atom. The van der Waals surface area contributed by atoms with Gasteiger partial charge in [-0.05, 0) is 97.9 Å². The van der Waals surface area contributed by atoms with E-state index in [4.69, 9.17) is 4.74 Å². The molecule has 0 aromatic heterocycles. The average Bonchev–Trinajstić information content (AvgIpc) is 3.20. The molecule has 0 fully saturated rings. The number of ether oxygens (including phenoxy) is 1. The minimum atomic E-state index is -0.0884. The zero-order valence-electron chi connectivity index (χ0n) is 31.1. The second-order valence-electron chi connectivity index (χ2n) is 15.6. The average molecular weight is 686 g/mol. The first-order valence-electron chi connectivity index (χ1n) is 19.1. The Bertz CT molecular complexity index is 2450. The largest absolute Gasteiger partial charge is 0.458 e. The Labute approximate surface area is 314 Å². The van der Waals surface area contributed by atoms with Crippen LogP contribution in [0.3, 0.4) is 0 Å².